The van der Waals surface area contributed by atoms with E-state index in [0.717, 1.165) is 6.42 Å². The summed E-state index contributed by atoms with van der Waals surface area (Å²) in [4.78, 5) is 23.0. The quantitative estimate of drug-likeness (QED) is 0.513. The van der Waals surface area contributed by atoms with Gasteiger partial charge in [-0.25, -0.2) is 0 Å². The van der Waals surface area contributed by atoms with Crippen LogP contribution in [0.2, 0.25) is 0 Å². The summed E-state index contributed by atoms with van der Waals surface area (Å²) in [5, 5.41) is 2.96. The Bertz CT molecular complexity index is 497. The minimum absolute atomic E-state index is 0.0108. The zero-order valence-electron chi connectivity index (χ0n) is 14.3. The highest BCUT2D eigenvalue weighted by atomic mass is 16.5. The van der Waals surface area contributed by atoms with E-state index in [-0.39, 0.29) is 17.7 Å². The molecule has 0 aliphatic heterocycles. The maximum atomic E-state index is 11.9. The Hall–Kier alpha value is -1.88. The summed E-state index contributed by atoms with van der Waals surface area (Å²) < 4.78 is 5.57. The molecule has 0 aliphatic rings. The average molecular weight is 320 g/mol. The fraction of sp³-hybridized carbons (Fsp3) is 0.556. The van der Waals surface area contributed by atoms with Gasteiger partial charge in [-0.2, -0.15) is 0 Å². The summed E-state index contributed by atoms with van der Waals surface area (Å²) in [6.07, 6.45) is 1.95. The lowest BCUT2D eigenvalue weighted by Crippen LogP contribution is -2.41. The number of ketones is 1. The zero-order valence-corrected chi connectivity index (χ0v) is 14.3. The zero-order chi connectivity index (χ0) is 17.2. The van der Waals surface area contributed by atoms with E-state index in [1.165, 1.54) is 6.92 Å². The third-order valence-electron chi connectivity index (χ3n) is 3.48. The SMILES string of the molecule is CC(=O)c1ccc(OCCCC(=O)NC(CN)CC(C)C)cc1. The number of hydrogen-bond acceptors (Lipinski definition) is 4. The summed E-state index contributed by atoms with van der Waals surface area (Å²) in [6.45, 7) is 6.68. The molecule has 0 saturated heterocycles. The van der Waals surface area contributed by atoms with Gasteiger partial charge in [-0.1, -0.05) is 13.8 Å². The number of carbonyl (C=O) groups excluding carboxylic acids is 2. The van der Waals surface area contributed by atoms with Crippen LogP contribution in [0.15, 0.2) is 24.3 Å². The van der Waals surface area contributed by atoms with Crippen LogP contribution in [-0.2, 0) is 4.79 Å². The number of benzene rings is 1. The van der Waals surface area contributed by atoms with Crippen LogP contribution in [0.3, 0.4) is 0 Å². The van der Waals surface area contributed by atoms with Crippen molar-refractivity contribution in [3.05, 3.63) is 29.8 Å². The van der Waals surface area contributed by atoms with Crippen LogP contribution in [0.4, 0.5) is 0 Å². The topological polar surface area (TPSA) is 81.4 Å². The predicted octanol–water partition coefficient (Wildman–Crippen LogP) is 2.54. The molecule has 0 radical (unpaired) electrons. The van der Waals surface area contributed by atoms with Gasteiger partial charge in [0.1, 0.15) is 5.75 Å². The molecular formula is C18H28N2O3. The molecule has 128 valence electrons. The number of amides is 1. The molecule has 1 amide bonds. The van der Waals surface area contributed by atoms with Crippen LogP contribution in [0, 0.1) is 5.92 Å². The van der Waals surface area contributed by atoms with Crippen molar-refractivity contribution in [1.82, 2.24) is 5.32 Å². The van der Waals surface area contributed by atoms with Gasteiger partial charge in [0.15, 0.2) is 5.78 Å². The van der Waals surface area contributed by atoms with Crippen LogP contribution in [-0.4, -0.2) is 30.9 Å². The molecule has 0 fully saturated rings. The van der Waals surface area contributed by atoms with Gasteiger partial charge >= 0.3 is 0 Å². The van der Waals surface area contributed by atoms with Crippen molar-refractivity contribution in [2.75, 3.05) is 13.2 Å². The van der Waals surface area contributed by atoms with Crippen LogP contribution in [0.25, 0.3) is 0 Å². The van der Waals surface area contributed by atoms with Crippen molar-refractivity contribution in [1.29, 1.82) is 0 Å². The Morgan fingerprint density at radius 3 is 2.39 bits per heavy atom. The highest BCUT2D eigenvalue weighted by Crippen LogP contribution is 2.13. The lowest BCUT2D eigenvalue weighted by molar-refractivity contribution is -0.122. The normalized spacial score (nSPS) is 12.0. The molecule has 23 heavy (non-hydrogen) atoms. The molecule has 0 spiro atoms. The fourth-order valence-electron chi connectivity index (χ4n) is 2.29. The van der Waals surface area contributed by atoms with E-state index < -0.39 is 0 Å². The van der Waals surface area contributed by atoms with E-state index >= 15 is 0 Å². The van der Waals surface area contributed by atoms with E-state index in [1.807, 2.05) is 0 Å². The molecule has 1 aromatic rings. The van der Waals surface area contributed by atoms with Crippen LogP contribution >= 0.6 is 0 Å². The Labute approximate surface area is 138 Å². The summed E-state index contributed by atoms with van der Waals surface area (Å²) in [6, 6.07) is 7.06. The van der Waals surface area contributed by atoms with E-state index in [1.54, 1.807) is 24.3 Å². The van der Waals surface area contributed by atoms with Crippen molar-refractivity contribution in [3.63, 3.8) is 0 Å². The molecule has 5 heteroatoms. The van der Waals surface area contributed by atoms with Gasteiger partial charge in [-0.15, -0.1) is 0 Å². The van der Waals surface area contributed by atoms with Gasteiger partial charge in [0.05, 0.1) is 6.61 Å². The van der Waals surface area contributed by atoms with Crippen molar-refractivity contribution in [3.8, 4) is 5.75 Å². The first kappa shape index (κ1) is 19.2. The summed E-state index contributed by atoms with van der Waals surface area (Å²) in [7, 11) is 0. The Morgan fingerprint density at radius 1 is 1.22 bits per heavy atom. The molecule has 5 nitrogen and oxygen atoms in total. The molecule has 0 aliphatic carbocycles. The van der Waals surface area contributed by atoms with Crippen molar-refractivity contribution < 1.29 is 14.3 Å². The molecule has 0 aromatic heterocycles. The number of ether oxygens (including phenoxy) is 1. The number of rotatable bonds is 10. The average Bonchev–Trinajstić information content (AvgIpc) is 2.50. The second-order valence-corrected chi connectivity index (χ2v) is 6.16. The Kier molecular flexibility index (Phi) is 8.33. The molecule has 0 saturated carbocycles. The first-order chi connectivity index (χ1) is 10.9. The number of hydrogen-bond donors (Lipinski definition) is 2. The van der Waals surface area contributed by atoms with Crippen molar-refractivity contribution >= 4 is 11.7 Å². The number of nitrogens with one attached hydrogen (secondary N) is 1. The maximum absolute atomic E-state index is 11.9. The third-order valence-corrected chi connectivity index (χ3v) is 3.48. The molecule has 3 N–H and O–H groups in total. The van der Waals surface area contributed by atoms with Crippen molar-refractivity contribution in [2.24, 2.45) is 11.7 Å². The molecule has 1 atom stereocenters. The Morgan fingerprint density at radius 2 is 1.87 bits per heavy atom. The fourth-order valence-corrected chi connectivity index (χ4v) is 2.29. The number of nitrogens with two attached hydrogens (primary N) is 1. The van der Waals surface area contributed by atoms with Gasteiger partial charge in [0, 0.05) is 24.6 Å². The summed E-state index contributed by atoms with van der Waals surface area (Å²) >= 11 is 0. The van der Waals surface area contributed by atoms with Crippen LogP contribution < -0.4 is 15.8 Å². The molecule has 1 aromatic carbocycles. The van der Waals surface area contributed by atoms with E-state index in [4.69, 9.17) is 10.5 Å². The molecule has 1 unspecified atom stereocenters. The van der Waals surface area contributed by atoms with Gasteiger partial charge in [0.25, 0.3) is 0 Å². The maximum Gasteiger partial charge on any atom is 0.220 e. The lowest BCUT2D eigenvalue weighted by Gasteiger charge is -2.18. The van der Waals surface area contributed by atoms with Gasteiger partial charge in [-0.3, -0.25) is 9.59 Å². The van der Waals surface area contributed by atoms with Gasteiger partial charge in [0.2, 0.25) is 5.91 Å². The highest BCUT2D eigenvalue weighted by Gasteiger charge is 2.12. The van der Waals surface area contributed by atoms with E-state index in [0.29, 0.717) is 43.2 Å². The summed E-state index contributed by atoms with van der Waals surface area (Å²) in [5.74, 6) is 1.25. The second kappa shape index (κ2) is 10.0. The van der Waals surface area contributed by atoms with E-state index in [2.05, 4.69) is 19.2 Å². The smallest absolute Gasteiger partial charge is 0.220 e. The molecule has 0 bridgehead atoms. The first-order valence-electron chi connectivity index (χ1n) is 8.15. The molecule has 1 rings (SSSR count). The number of Topliss-reactive ketones (excluding diaryl/α,β-unsaturated/α-hetero) is 1. The Balaban J connectivity index is 2.25. The third kappa shape index (κ3) is 7.79. The minimum Gasteiger partial charge on any atom is -0.494 e. The monoisotopic (exact) mass is 320 g/mol. The van der Waals surface area contributed by atoms with Crippen LogP contribution in [0.5, 0.6) is 5.75 Å². The standard InChI is InChI=1S/C18H28N2O3/c1-13(2)11-16(12-19)20-18(22)5-4-10-23-17-8-6-15(7-9-17)14(3)21/h6-9,13,16H,4-5,10-12,19H2,1-3H3,(H,20,22). The van der Waals surface area contributed by atoms with Crippen molar-refractivity contribution in [2.45, 2.75) is 46.1 Å². The largest absolute Gasteiger partial charge is 0.494 e. The van der Waals surface area contributed by atoms with Gasteiger partial charge in [-0.05, 0) is 49.9 Å². The second-order valence-electron chi connectivity index (χ2n) is 6.16. The minimum atomic E-state index is 0.0108. The summed E-state index contributed by atoms with van der Waals surface area (Å²) in [5.41, 5.74) is 6.33. The predicted molar refractivity (Wildman–Crippen MR) is 91.6 cm³/mol. The van der Waals surface area contributed by atoms with E-state index in [9.17, 15) is 9.59 Å². The number of carbonyl (C=O) groups is 2. The van der Waals surface area contributed by atoms with Crippen LogP contribution in [0.1, 0.15) is 50.4 Å². The molecular weight excluding hydrogens is 292 g/mol. The molecule has 0 heterocycles. The van der Waals surface area contributed by atoms with Gasteiger partial charge < -0.3 is 15.8 Å². The lowest BCUT2D eigenvalue weighted by atomic mass is 10.0. The first-order valence-corrected chi connectivity index (χ1v) is 8.15. The highest BCUT2D eigenvalue weighted by molar-refractivity contribution is 5.94.